The molecule has 2 rings (SSSR count). The van der Waals surface area contributed by atoms with Crippen LogP contribution >= 0.6 is 11.6 Å². The van der Waals surface area contributed by atoms with Crippen LogP contribution in [-0.4, -0.2) is 16.3 Å². The van der Waals surface area contributed by atoms with Crippen LogP contribution in [0.5, 0.6) is 11.5 Å². The van der Waals surface area contributed by atoms with E-state index >= 15 is 0 Å². The van der Waals surface area contributed by atoms with Crippen molar-refractivity contribution in [2.24, 2.45) is 4.99 Å². The van der Waals surface area contributed by atoms with Crippen molar-refractivity contribution in [3.05, 3.63) is 22.5 Å². The summed E-state index contributed by atoms with van der Waals surface area (Å²) in [6.45, 7) is 0. The van der Waals surface area contributed by atoms with Crippen LogP contribution in [0.15, 0.2) is 11.1 Å². The van der Waals surface area contributed by atoms with Crippen molar-refractivity contribution in [3.8, 4) is 11.5 Å². The van der Waals surface area contributed by atoms with Gasteiger partial charge in [-0.15, -0.1) is 0 Å². The van der Waals surface area contributed by atoms with E-state index < -0.39 is 22.9 Å². The van der Waals surface area contributed by atoms with E-state index in [1.54, 1.807) is 0 Å². The Morgan fingerprint density at radius 2 is 2.12 bits per heavy atom. The summed E-state index contributed by atoms with van der Waals surface area (Å²) in [6.07, 6.45) is 2.15. The van der Waals surface area contributed by atoms with Gasteiger partial charge in [-0.3, -0.25) is 0 Å². The molecule has 6 heteroatoms. The highest BCUT2D eigenvalue weighted by atomic mass is 35.5. The Kier molecular flexibility index (Phi) is 2.37. The Balaban J connectivity index is 2.69. The second kappa shape index (κ2) is 3.47. The summed E-state index contributed by atoms with van der Waals surface area (Å²) in [7, 11) is 0. The summed E-state index contributed by atoms with van der Waals surface area (Å²) >= 11 is 5.54. The van der Waals surface area contributed by atoms with Crippen LogP contribution in [0.1, 0.15) is 18.4 Å². The topological polar surface area (TPSA) is 69.9 Å². The molecule has 16 heavy (non-hydrogen) atoms. The summed E-state index contributed by atoms with van der Waals surface area (Å²) in [5, 5.41) is 18.6. The third kappa shape index (κ3) is 1.45. The first-order valence-electron chi connectivity index (χ1n) is 4.51. The number of aromatic hydroxyl groups is 2. The van der Waals surface area contributed by atoms with Crippen molar-refractivity contribution in [3.63, 3.8) is 0 Å². The normalized spacial score (nSPS) is 16.6. The molecule has 0 saturated heterocycles. The third-order valence-electron chi connectivity index (χ3n) is 2.62. The first-order chi connectivity index (χ1) is 7.52. The second-order valence-corrected chi connectivity index (χ2v) is 4.06. The Bertz CT molecular complexity index is 481. The van der Waals surface area contributed by atoms with Crippen molar-refractivity contribution >= 4 is 17.7 Å². The number of hydrogen-bond acceptors (Lipinski definition) is 4. The van der Waals surface area contributed by atoms with Gasteiger partial charge >= 0.3 is 0 Å². The van der Waals surface area contributed by atoms with Gasteiger partial charge in [0.2, 0.25) is 6.08 Å². The molecule has 0 aromatic heterocycles. The smallest absolute Gasteiger partial charge is 0.235 e. The van der Waals surface area contributed by atoms with Gasteiger partial charge in [0, 0.05) is 6.07 Å². The van der Waals surface area contributed by atoms with E-state index in [2.05, 4.69) is 4.99 Å². The Morgan fingerprint density at radius 3 is 2.62 bits per heavy atom. The molecule has 1 aliphatic rings. The first kappa shape index (κ1) is 10.9. The van der Waals surface area contributed by atoms with Crippen LogP contribution in [0.2, 0.25) is 5.02 Å². The van der Waals surface area contributed by atoms with Crippen LogP contribution in [0.25, 0.3) is 0 Å². The molecule has 0 unspecified atom stereocenters. The molecule has 0 aliphatic heterocycles. The van der Waals surface area contributed by atoms with E-state index in [-0.39, 0.29) is 10.6 Å². The van der Waals surface area contributed by atoms with Gasteiger partial charge < -0.3 is 10.2 Å². The Morgan fingerprint density at radius 1 is 1.50 bits per heavy atom. The molecule has 0 heterocycles. The van der Waals surface area contributed by atoms with Crippen molar-refractivity contribution in [1.82, 2.24) is 0 Å². The van der Waals surface area contributed by atoms with Crippen molar-refractivity contribution < 1.29 is 19.4 Å². The molecule has 1 saturated carbocycles. The summed E-state index contributed by atoms with van der Waals surface area (Å²) in [5.41, 5.74) is -1.35. The highest BCUT2D eigenvalue weighted by Gasteiger charge is 2.49. The molecule has 0 bridgehead atoms. The number of isocyanates is 1. The molecular weight excluding hydrogens is 237 g/mol. The fourth-order valence-electron chi connectivity index (χ4n) is 1.65. The zero-order chi connectivity index (χ0) is 11.9. The fourth-order valence-corrected chi connectivity index (χ4v) is 1.85. The zero-order valence-electron chi connectivity index (χ0n) is 8.00. The summed E-state index contributed by atoms with van der Waals surface area (Å²) in [6, 6.07) is 0.899. The Labute approximate surface area is 95.0 Å². The molecule has 1 aromatic rings. The monoisotopic (exact) mass is 243 g/mol. The summed E-state index contributed by atoms with van der Waals surface area (Å²) < 4.78 is 13.7. The number of aliphatic imine (C=N–C) groups is 1. The number of nitrogens with zero attached hydrogens (tertiary/aromatic N) is 1. The average Bonchev–Trinajstić information content (AvgIpc) is 2.97. The van der Waals surface area contributed by atoms with E-state index in [4.69, 9.17) is 11.6 Å². The van der Waals surface area contributed by atoms with Gasteiger partial charge in [0.15, 0.2) is 17.3 Å². The number of carbonyl (C=O) groups excluding carboxylic acids is 1. The van der Waals surface area contributed by atoms with Gasteiger partial charge in [0.25, 0.3) is 0 Å². The van der Waals surface area contributed by atoms with E-state index in [1.807, 2.05) is 0 Å². The van der Waals surface area contributed by atoms with Crippen molar-refractivity contribution in [1.29, 1.82) is 0 Å². The molecule has 0 radical (unpaired) electrons. The first-order valence-corrected chi connectivity index (χ1v) is 4.89. The van der Waals surface area contributed by atoms with Gasteiger partial charge in [-0.2, -0.15) is 4.99 Å². The van der Waals surface area contributed by atoms with Gasteiger partial charge in [-0.05, 0) is 12.8 Å². The van der Waals surface area contributed by atoms with Crippen LogP contribution in [0.4, 0.5) is 4.39 Å². The highest BCUT2D eigenvalue weighted by molar-refractivity contribution is 6.31. The standard InChI is InChI=1S/C10H7ClFNO3/c11-5-3-6(15)9(16)7(8(5)12)10(1-2-10)13-4-14/h3,15-16H,1-2H2. The minimum Gasteiger partial charge on any atom is -0.504 e. The molecule has 0 spiro atoms. The van der Waals surface area contributed by atoms with Crippen molar-refractivity contribution in [2.75, 3.05) is 0 Å². The zero-order valence-corrected chi connectivity index (χ0v) is 8.75. The van der Waals surface area contributed by atoms with Gasteiger partial charge in [-0.1, -0.05) is 11.6 Å². The van der Waals surface area contributed by atoms with Gasteiger partial charge in [0.05, 0.1) is 10.6 Å². The predicted molar refractivity (Wildman–Crippen MR) is 53.8 cm³/mol. The molecule has 1 aromatic carbocycles. The van der Waals surface area contributed by atoms with E-state index in [9.17, 15) is 19.4 Å². The molecule has 2 N–H and O–H groups in total. The number of hydrogen-bond donors (Lipinski definition) is 2. The van der Waals surface area contributed by atoms with Gasteiger partial charge in [0.1, 0.15) is 5.54 Å². The van der Waals surface area contributed by atoms with Crippen LogP contribution in [0, 0.1) is 5.82 Å². The third-order valence-corrected chi connectivity index (χ3v) is 2.90. The predicted octanol–water partition coefficient (Wildman–Crippen LogP) is 2.22. The number of benzene rings is 1. The minimum absolute atomic E-state index is 0.235. The largest absolute Gasteiger partial charge is 0.504 e. The number of phenolic OH excluding ortho intramolecular Hbond substituents is 2. The number of phenols is 2. The molecular formula is C10H7ClFNO3. The maximum absolute atomic E-state index is 13.7. The maximum Gasteiger partial charge on any atom is 0.235 e. The molecule has 0 atom stereocenters. The molecule has 4 nitrogen and oxygen atoms in total. The fraction of sp³-hybridized carbons (Fsp3) is 0.300. The quantitative estimate of drug-likeness (QED) is 0.475. The second-order valence-electron chi connectivity index (χ2n) is 3.65. The average molecular weight is 244 g/mol. The summed E-state index contributed by atoms with van der Waals surface area (Å²) in [4.78, 5) is 13.7. The van der Waals surface area contributed by atoms with Gasteiger partial charge in [-0.25, -0.2) is 9.18 Å². The lowest BCUT2D eigenvalue weighted by atomic mass is 10.0. The lowest BCUT2D eigenvalue weighted by molar-refractivity contribution is 0.387. The van der Waals surface area contributed by atoms with E-state index in [0.29, 0.717) is 12.8 Å². The maximum atomic E-state index is 13.7. The Hall–Kier alpha value is -1.58. The lowest BCUT2D eigenvalue weighted by Gasteiger charge is -2.13. The molecule has 0 amide bonds. The van der Waals surface area contributed by atoms with Crippen LogP contribution in [-0.2, 0) is 10.3 Å². The summed E-state index contributed by atoms with van der Waals surface area (Å²) in [5.74, 6) is -2.03. The van der Waals surface area contributed by atoms with E-state index in [1.165, 1.54) is 6.08 Å². The molecule has 84 valence electrons. The van der Waals surface area contributed by atoms with Crippen molar-refractivity contribution in [2.45, 2.75) is 18.4 Å². The van der Waals surface area contributed by atoms with Crippen LogP contribution in [0.3, 0.4) is 0 Å². The number of rotatable bonds is 2. The number of halogens is 2. The molecule has 1 aliphatic carbocycles. The molecule has 1 fully saturated rings. The SMILES string of the molecule is O=C=NC1(c2c(O)c(O)cc(Cl)c2F)CC1. The lowest BCUT2D eigenvalue weighted by Crippen LogP contribution is -2.06. The van der Waals surface area contributed by atoms with Crippen LogP contribution < -0.4 is 0 Å². The minimum atomic E-state index is -1.11. The van der Waals surface area contributed by atoms with E-state index in [0.717, 1.165) is 6.07 Å². The highest BCUT2D eigenvalue weighted by Crippen LogP contribution is 2.55.